The summed E-state index contributed by atoms with van der Waals surface area (Å²) < 4.78 is 10.4. The topological polar surface area (TPSA) is 101 Å². The fourth-order valence-electron chi connectivity index (χ4n) is 2.44. The zero-order chi connectivity index (χ0) is 17.6. The second-order valence-corrected chi connectivity index (χ2v) is 5.68. The van der Waals surface area contributed by atoms with Gasteiger partial charge in [0.25, 0.3) is 0 Å². The van der Waals surface area contributed by atoms with Crippen LogP contribution in [-0.2, 0) is 0 Å². The summed E-state index contributed by atoms with van der Waals surface area (Å²) in [7, 11) is 0. The van der Waals surface area contributed by atoms with E-state index in [1.54, 1.807) is 30.5 Å². The summed E-state index contributed by atoms with van der Waals surface area (Å²) in [6.07, 6.45) is 4.18. The molecule has 1 aromatic carbocycles. The molecule has 3 N–H and O–H groups in total. The Morgan fingerprint density at radius 1 is 1.20 bits per heavy atom. The Balaban J connectivity index is 1.50. The molecule has 7 nitrogen and oxygen atoms in total. The molecule has 2 amide bonds. The van der Waals surface area contributed by atoms with E-state index in [0.717, 1.165) is 5.56 Å². The Bertz CT molecular complexity index is 782. The van der Waals surface area contributed by atoms with Gasteiger partial charge in [-0.15, -0.1) is 0 Å². The van der Waals surface area contributed by atoms with Crippen LogP contribution >= 0.6 is 0 Å². The van der Waals surface area contributed by atoms with Gasteiger partial charge in [-0.1, -0.05) is 0 Å². The number of aliphatic hydroxyl groups excluding tert-OH is 1. The predicted octanol–water partition coefficient (Wildman–Crippen LogP) is 3.57. The van der Waals surface area contributed by atoms with Gasteiger partial charge in [0.05, 0.1) is 12.5 Å². The summed E-state index contributed by atoms with van der Waals surface area (Å²) in [5.74, 6) is 1.01. The van der Waals surface area contributed by atoms with Gasteiger partial charge in [0.2, 0.25) is 5.89 Å². The van der Waals surface area contributed by atoms with Crippen molar-refractivity contribution in [2.45, 2.75) is 25.5 Å². The number of oxazole rings is 1. The van der Waals surface area contributed by atoms with E-state index in [1.165, 1.54) is 12.5 Å². The fourth-order valence-corrected chi connectivity index (χ4v) is 2.44. The lowest BCUT2D eigenvalue weighted by atomic mass is 10.1. The number of carbonyl (C=O) groups excluding carboxylic acids is 1. The van der Waals surface area contributed by atoms with Crippen LogP contribution in [0.4, 0.5) is 10.5 Å². The molecule has 0 fully saturated rings. The number of rotatable bonds is 6. The van der Waals surface area contributed by atoms with Gasteiger partial charge in [0.1, 0.15) is 18.1 Å². The number of hydrogen-bond acceptors (Lipinski definition) is 5. The molecule has 2 unspecified atom stereocenters. The van der Waals surface area contributed by atoms with E-state index < -0.39 is 6.10 Å². The zero-order valence-electron chi connectivity index (χ0n) is 13.7. The minimum atomic E-state index is -0.759. The van der Waals surface area contributed by atoms with Crippen LogP contribution in [0.2, 0.25) is 0 Å². The molecule has 2 heterocycles. The Morgan fingerprint density at radius 2 is 2.00 bits per heavy atom. The van der Waals surface area contributed by atoms with Gasteiger partial charge in [-0.25, -0.2) is 9.78 Å². The molecule has 7 heteroatoms. The summed E-state index contributed by atoms with van der Waals surface area (Å²) in [5, 5.41) is 15.6. The molecule has 0 saturated carbocycles. The number of benzene rings is 1. The Morgan fingerprint density at radius 3 is 2.64 bits per heavy atom. The van der Waals surface area contributed by atoms with Crippen molar-refractivity contribution < 1.29 is 18.7 Å². The van der Waals surface area contributed by atoms with Crippen molar-refractivity contribution in [1.82, 2.24) is 10.3 Å². The van der Waals surface area contributed by atoms with E-state index in [4.69, 9.17) is 8.83 Å². The molecule has 0 aliphatic rings. The maximum absolute atomic E-state index is 12.0. The van der Waals surface area contributed by atoms with Gasteiger partial charge >= 0.3 is 6.03 Å². The quantitative estimate of drug-likeness (QED) is 0.636. The largest absolute Gasteiger partial charge is 0.467 e. The van der Waals surface area contributed by atoms with Crippen LogP contribution in [-0.4, -0.2) is 22.2 Å². The predicted molar refractivity (Wildman–Crippen MR) is 91.8 cm³/mol. The third kappa shape index (κ3) is 4.48. The third-order valence-corrected chi connectivity index (χ3v) is 3.65. The Kier molecular flexibility index (Phi) is 5.15. The van der Waals surface area contributed by atoms with Gasteiger partial charge in [-0.05, 0) is 43.3 Å². The van der Waals surface area contributed by atoms with Gasteiger partial charge in [0.15, 0.2) is 0 Å². The van der Waals surface area contributed by atoms with Crippen LogP contribution in [0.1, 0.15) is 25.2 Å². The molecule has 0 radical (unpaired) electrons. The molecule has 0 saturated heterocycles. The van der Waals surface area contributed by atoms with Crippen molar-refractivity contribution in [2.24, 2.45) is 0 Å². The van der Waals surface area contributed by atoms with Crippen molar-refractivity contribution >= 4 is 11.7 Å². The maximum Gasteiger partial charge on any atom is 0.319 e. The molecule has 0 aliphatic heterocycles. The lowest BCUT2D eigenvalue weighted by molar-refractivity contribution is 0.130. The lowest BCUT2D eigenvalue weighted by Gasteiger charge is -2.17. The normalized spacial score (nSPS) is 13.2. The van der Waals surface area contributed by atoms with E-state index >= 15 is 0 Å². The van der Waals surface area contributed by atoms with E-state index in [9.17, 15) is 9.90 Å². The van der Waals surface area contributed by atoms with Crippen LogP contribution < -0.4 is 10.6 Å². The summed E-state index contributed by atoms with van der Waals surface area (Å²) >= 11 is 0. The summed E-state index contributed by atoms with van der Waals surface area (Å²) in [4.78, 5) is 16.1. The molecular formula is C18H19N3O4. The molecule has 25 heavy (non-hydrogen) atoms. The van der Waals surface area contributed by atoms with Crippen LogP contribution in [0.25, 0.3) is 11.5 Å². The highest BCUT2D eigenvalue weighted by molar-refractivity contribution is 5.89. The van der Waals surface area contributed by atoms with E-state index in [2.05, 4.69) is 15.6 Å². The van der Waals surface area contributed by atoms with E-state index in [1.807, 2.05) is 19.1 Å². The Hall–Kier alpha value is -3.06. The second kappa shape index (κ2) is 7.67. The molecule has 2 atom stereocenters. The highest BCUT2D eigenvalue weighted by Crippen LogP contribution is 2.20. The van der Waals surface area contributed by atoms with E-state index in [-0.39, 0.29) is 12.1 Å². The standard InChI is InChI=1S/C18H19N3O4/c1-12(11-15(22)16-3-2-9-24-16)20-18(23)21-14-6-4-13(5-7-14)17-19-8-10-25-17/h2-10,12,15,22H,11H2,1H3,(H2,20,21,23). The maximum atomic E-state index is 12.0. The molecule has 130 valence electrons. The number of amides is 2. The number of aliphatic hydroxyl groups is 1. The van der Waals surface area contributed by atoms with Crippen molar-refractivity contribution in [1.29, 1.82) is 0 Å². The molecule has 2 aromatic heterocycles. The molecule has 0 spiro atoms. The monoisotopic (exact) mass is 341 g/mol. The van der Waals surface area contributed by atoms with Gasteiger partial charge in [-0.2, -0.15) is 0 Å². The summed E-state index contributed by atoms with van der Waals surface area (Å²) in [5.41, 5.74) is 1.47. The van der Waals surface area contributed by atoms with Crippen LogP contribution in [0, 0.1) is 0 Å². The second-order valence-electron chi connectivity index (χ2n) is 5.68. The van der Waals surface area contributed by atoms with Crippen LogP contribution in [0.5, 0.6) is 0 Å². The number of furan rings is 1. The van der Waals surface area contributed by atoms with Crippen LogP contribution in [0.15, 0.2) is 64.0 Å². The fraction of sp³-hybridized carbons (Fsp3) is 0.222. The first-order valence-electron chi connectivity index (χ1n) is 7.91. The first-order chi connectivity index (χ1) is 12.1. The number of anilines is 1. The molecular weight excluding hydrogens is 322 g/mol. The van der Waals surface area contributed by atoms with Crippen molar-refractivity contribution in [3.8, 4) is 11.5 Å². The highest BCUT2D eigenvalue weighted by Gasteiger charge is 2.16. The zero-order valence-corrected chi connectivity index (χ0v) is 13.7. The highest BCUT2D eigenvalue weighted by atomic mass is 16.4. The van der Waals surface area contributed by atoms with Crippen molar-refractivity contribution in [3.05, 3.63) is 60.9 Å². The van der Waals surface area contributed by atoms with Gasteiger partial charge in [0, 0.05) is 23.7 Å². The number of urea groups is 1. The average Bonchev–Trinajstić information content (AvgIpc) is 3.29. The third-order valence-electron chi connectivity index (χ3n) is 3.65. The smallest absolute Gasteiger partial charge is 0.319 e. The lowest BCUT2D eigenvalue weighted by Crippen LogP contribution is -2.37. The molecule has 3 aromatic rings. The molecule has 0 aliphatic carbocycles. The molecule has 3 rings (SSSR count). The van der Waals surface area contributed by atoms with Crippen molar-refractivity contribution in [2.75, 3.05) is 5.32 Å². The number of nitrogens with one attached hydrogen (secondary N) is 2. The number of aromatic nitrogens is 1. The minimum Gasteiger partial charge on any atom is -0.467 e. The first-order valence-corrected chi connectivity index (χ1v) is 7.91. The van der Waals surface area contributed by atoms with Crippen LogP contribution in [0.3, 0.4) is 0 Å². The summed E-state index contributed by atoms with van der Waals surface area (Å²) in [6.45, 7) is 1.82. The number of nitrogens with zero attached hydrogens (tertiary/aromatic N) is 1. The Labute approximate surface area is 144 Å². The molecule has 0 bridgehead atoms. The van der Waals surface area contributed by atoms with Gasteiger partial charge < -0.3 is 24.6 Å². The SMILES string of the molecule is CC(CC(O)c1ccco1)NC(=O)Nc1ccc(-c2ncco2)cc1. The van der Waals surface area contributed by atoms with Gasteiger partial charge in [-0.3, -0.25) is 0 Å². The number of carbonyl (C=O) groups is 1. The van der Waals surface area contributed by atoms with E-state index in [0.29, 0.717) is 23.8 Å². The summed E-state index contributed by atoms with van der Waals surface area (Å²) in [6, 6.07) is 9.99. The number of hydrogen-bond donors (Lipinski definition) is 3. The average molecular weight is 341 g/mol. The minimum absolute atomic E-state index is 0.230. The first kappa shape index (κ1) is 16.8. The van der Waals surface area contributed by atoms with Crippen molar-refractivity contribution in [3.63, 3.8) is 0 Å².